The monoisotopic (exact) mass is 1060 g/mol. The number of hydrogen-bond donors (Lipinski definition) is 3. The van der Waals surface area contributed by atoms with Crippen LogP contribution < -0.4 is 5.32 Å². The summed E-state index contributed by atoms with van der Waals surface area (Å²) in [5.41, 5.74) is 0. The van der Waals surface area contributed by atoms with Crippen LogP contribution in [0.25, 0.3) is 0 Å². The second-order valence-electron chi connectivity index (χ2n) is 23.9. The Balaban J connectivity index is 3.41. The molecule has 0 aliphatic heterocycles. The van der Waals surface area contributed by atoms with Gasteiger partial charge in [-0.3, -0.25) is 9.59 Å². The van der Waals surface area contributed by atoms with Crippen molar-refractivity contribution in [3.05, 3.63) is 12.2 Å². The van der Waals surface area contributed by atoms with Crippen molar-refractivity contribution >= 4 is 11.9 Å². The number of nitrogens with one attached hydrogen (secondary N) is 1. The van der Waals surface area contributed by atoms with Gasteiger partial charge in [-0.2, -0.15) is 0 Å². The summed E-state index contributed by atoms with van der Waals surface area (Å²) in [4.78, 5) is 24.6. The lowest BCUT2D eigenvalue weighted by Gasteiger charge is -2.22. The van der Waals surface area contributed by atoms with Crippen LogP contribution in [0.1, 0.15) is 393 Å². The van der Waals surface area contributed by atoms with Crippen LogP contribution in [-0.4, -0.2) is 47.4 Å². The van der Waals surface area contributed by atoms with Gasteiger partial charge in [-0.15, -0.1) is 0 Å². The van der Waals surface area contributed by atoms with Gasteiger partial charge >= 0.3 is 5.97 Å². The third kappa shape index (κ3) is 61.7. The fourth-order valence-corrected chi connectivity index (χ4v) is 11.1. The molecule has 0 aromatic rings. The molecule has 2 unspecified atom stereocenters. The summed E-state index contributed by atoms with van der Waals surface area (Å²) in [6, 6.07) is -0.546. The first kappa shape index (κ1) is 73.6. The van der Waals surface area contributed by atoms with Gasteiger partial charge in [0.1, 0.15) is 0 Å². The molecule has 0 aliphatic carbocycles. The van der Waals surface area contributed by atoms with Gasteiger partial charge in [-0.25, -0.2) is 0 Å². The second-order valence-corrected chi connectivity index (χ2v) is 23.9. The Bertz CT molecular complexity index is 1130. The van der Waals surface area contributed by atoms with Crippen LogP contribution in [0.3, 0.4) is 0 Å². The van der Waals surface area contributed by atoms with Crippen molar-refractivity contribution in [2.24, 2.45) is 0 Å². The van der Waals surface area contributed by atoms with E-state index in [9.17, 15) is 19.8 Å². The summed E-state index contributed by atoms with van der Waals surface area (Å²) in [6.07, 6.45) is 79.6. The molecule has 0 aromatic heterocycles. The lowest BCUT2D eigenvalue weighted by molar-refractivity contribution is -0.143. The first-order valence-corrected chi connectivity index (χ1v) is 34.4. The van der Waals surface area contributed by atoms with Crippen LogP contribution >= 0.6 is 0 Å². The minimum absolute atomic E-state index is 0.0133. The van der Waals surface area contributed by atoms with E-state index < -0.39 is 12.1 Å². The zero-order valence-electron chi connectivity index (χ0n) is 51.1. The number of allylic oxidation sites excluding steroid dienone is 2. The van der Waals surface area contributed by atoms with E-state index in [0.29, 0.717) is 25.9 Å². The first-order valence-electron chi connectivity index (χ1n) is 34.4. The van der Waals surface area contributed by atoms with Crippen LogP contribution in [0.5, 0.6) is 0 Å². The zero-order chi connectivity index (χ0) is 54.3. The number of rotatable bonds is 65. The molecule has 0 aliphatic rings. The predicted octanol–water partition coefficient (Wildman–Crippen LogP) is 22.0. The maximum Gasteiger partial charge on any atom is 0.305 e. The van der Waals surface area contributed by atoms with Crippen LogP contribution in [-0.2, 0) is 14.3 Å². The standard InChI is InChI=1S/C69H135NO5/c1-3-5-7-9-11-13-15-17-18-19-20-21-23-26-29-32-35-38-41-45-49-53-57-61-67(72)66(65-71)70-68(73)62-58-54-50-46-42-39-36-33-30-27-24-22-25-28-31-34-37-40-44-48-52-56-60-64-75-69(74)63-59-55-51-47-43-16-14-12-10-8-6-4-2/h27,30,66-67,71-72H,3-26,28-29,31-65H2,1-2H3,(H,70,73)/b30-27-. The Morgan fingerprint density at radius 3 is 0.947 bits per heavy atom. The van der Waals surface area contributed by atoms with E-state index in [1.165, 1.54) is 321 Å². The highest BCUT2D eigenvalue weighted by atomic mass is 16.5. The van der Waals surface area contributed by atoms with Gasteiger partial charge in [-0.05, 0) is 51.4 Å². The number of aliphatic hydroxyl groups excluding tert-OH is 2. The molecule has 75 heavy (non-hydrogen) atoms. The number of aliphatic hydroxyl groups is 2. The molecule has 0 heterocycles. The van der Waals surface area contributed by atoms with Crippen molar-refractivity contribution in [1.29, 1.82) is 0 Å². The van der Waals surface area contributed by atoms with E-state index in [1.807, 2.05) is 0 Å². The van der Waals surface area contributed by atoms with E-state index in [4.69, 9.17) is 4.74 Å². The highest BCUT2D eigenvalue weighted by molar-refractivity contribution is 5.76. The average Bonchev–Trinajstić information content (AvgIpc) is 3.41. The molecule has 2 atom stereocenters. The summed E-state index contributed by atoms with van der Waals surface area (Å²) in [7, 11) is 0. The normalized spacial score (nSPS) is 12.5. The Kier molecular flexibility index (Phi) is 63.9. The molecule has 0 aromatic carbocycles. The van der Waals surface area contributed by atoms with Crippen LogP contribution in [0, 0.1) is 0 Å². The maximum atomic E-state index is 12.5. The molecule has 0 bridgehead atoms. The van der Waals surface area contributed by atoms with E-state index in [2.05, 4.69) is 31.3 Å². The van der Waals surface area contributed by atoms with Crippen molar-refractivity contribution in [3.63, 3.8) is 0 Å². The van der Waals surface area contributed by atoms with E-state index in [1.54, 1.807) is 0 Å². The Labute approximate surface area is 469 Å². The molecule has 0 saturated heterocycles. The van der Waals surface area contributed by atoms with E-state index in [-0.39, 0.29) is 18.5 Å². The highest BCUT2D eigenvalue weighted by Crippen LogP contribution is 2.19. The quantitative estimate of drug-likeness (QED) is 0.0320. The number of amides is 1. The lowest BCUT2D eigenvalue weighted by Crippen LogP contribution is -2.45. The van der Waals surface area contributed by atoms with Crippen LogP contribution in [0.15, 0.2) is 12.2 Å². The lowest BCUT2D eigenvalue weighted by atomic mass is 10.0. The fourth-order valence-electron chi connectivity index (χ4n) is 11.1. The van der Waals surface area contributed by atoms with Gasteiger partial charge < -0.3 is 20.3 Å². The summed E-state index contributed by atoms with van der Waals surface area (Å²) >= 11 is 0. The molecule has 1 amide bonds. The molecule has 0 spiro atoms. The number of ether oxygens (including phenoxy) is 1. The van der Waals surface area contributed by atoms with Crippen molar-refractivity contribution in [2.45, 2.75) is 405 Å². The number of unbranched alkanes of at least 4 members (excludes halogenated alkanes) is 52. The third-order valence-electron chi connectivity index (χ3n) is 16.3. The smallest absolute Gasteiger partial charge is 0.305 e. The largest absolute Gasteiger partial charge is 0.466 e. The number of carbonyl (C=O) groups is 2. The minimum atomic E-state index is -0.669. The summed E-state index contributed by atoms with van der Waals surface area (Å²) in [5, 5.41) is 23.4. The van der Waals surface area contributed by atoms with E-state index in [0.717, 1.165) is 38.5 Å². The fraction of sp³-hybridized carbons (Fsp3) is 0.942. The summed E-state index contributed by atoms with van der Waals surface area (Å²) < 4.78 is 5.48. The molecule has 446 valence electrons. The molecular formula is C69H135NO5. The Morgan fingerprint density at radius 2 is 0.627 bits per heavy atom. The minimum Gasteiger partial charge on any atom is -0.466 e. The molecule has 0 fully saturated rings. The van der Waals surface area contributed by atoms with Crippen LogP contribution in [0.4, 0.5) is 0 Å². The van der Waals surface area contributed by atoms with Gasteiger partial charge in [0.2, 0.25) is 5.91 Å². The predicted molar refractivity (Wildman–Crippen MR) is 329 cm³/mol. The molecular weight excluding hydrogens is 923 g/mol. The Morgan fingerprint density at radius 1 is 0.360 bits per heavy atom. The molecule has 0 radical (unpaired) electrons. The number of carbonyl (C=O) groups excluding carboxylic acids is 2. The number of esters is 1. The topological polar surface area (TPSA) is 95.9 Å². The number of hydrogen-bond acceptors (Lipinski definition) is 5. The highest BCUT2D eigenvalue weighted by Gasteiger charge is 2.20. The molecule has 3 N–H and O–H groups in total. The third-order valence-corrected chi connectivity index (χ3v) is 16.3. The molecule has 0 rings (SSSR count). The molecule has 6 nitrogen and oxygen atoms in total. The van der Waals surface area contributed by atoms with Crippen LogP contribution in [0.2, 0.25) is 0 Å². The summed E-state index contributed by atoms with van der Waals surface area (Å²) in [5.74, 6) is -0.0231. The Hall–Kier alpha value is -1.40. The maximum absolute atomic E-state index is 12.5. The van der Waals surface area contributed by atoms with Crippen molar-refractivity contribution < 1.29 is 24.5 Å². The SMILES string of the molecule is CCCCCCCCCCCCCCCCCCCCCCCCCC(O)C(CO)NC(=O)CCCCCCCCC/C=C\CCCCCCCCCCCCCCOC(=O)CCCCCCCCCCCCCC. The first-order chi connectivity index (χ1) is 37.0. The van der Waals surface area contributed by atoms with Crippen molar-refractivity contribution in [2.75, 3.05) is 13.2 Å². The van der Waals surface area contributed by atoms with Crippen molar-refractivity contribution in [3.8, 4) is 0 Å². The van der Waals surface area contributed by atoms with Gasteiger partial charge in [-0.1, -0.05) is 341 Å². The van der Waals surface area contributed by atoms with Crippen molar-refractivity contribution in [1.82, 2.24) is 5.32 Å². The molecule has 0 saturated carbocycles. The van der Waals surface area contributed by atoms with E-state index >= 15 is 0 Å². The zero-order valence-corrected chi connectivity index (χ0v) is 51.1. The van der Waals surface area contributed by atoms with Gasteiger partial charge in [0, 0.05) is 12.8 Å². The van der Waals surface area contributed by atoms with Gasteiger partial charge in [0.25, 0.3) is 0 Å². The second kappa shape index (κ2) is 65.1. The van der Waals surface area contributed by atoms with Gasteiger partial charge in [0.05, 0.1) is 25.4 Å². The summed E-state index contributed by atoms with van der Waals surface area (Å²) in [6.45, 7) is 4.99. The molecule has 6 heteroatoms. The van der Waals surface area contributed by atoms with Gasteiger partial charge in [0.15, 0.2) is 0 Å². The average molecular weight is 1060 g/mol.